The third kappa shape index (κ3) is 2.20. The van der Waals surface area contributed by atoms with Crippen molar-refractivity contribution >= 4 is 15.7 Å². The summed E-state index contributed by atoms with van der Waals surface area (Å²) in [6.07, 6.45) is 7.06. The third-order valence-electron chi connectivity index (χ3n) is 4.55. The number of aromatic nitrogens is 1. The van der Waals surface area contributed by atoms with Gasteiger partial charge in [-0.05, 0) is 37.3 Å². The van der Waals surface area contributed by atoms with Crippen molar-refractivity contribution in [3.8, 4) is 0 Å². The molecule has 2 aliphatic rings. The zero-order valence-corrected chi connectivity index (χ0v) is 12.6. The first-order chi connectivity index (χ1) is 9.64. The number of rotatable bonds is 3. The lowest BCUT2D eigenvalue weighted by molar-refractivity contribution is 0.260. The van der Waals surface area contributed by atoms with Gasteiger partial charge in [0.15, 0.2) is 5.03 Å². The summed E-state index contributed by atoms with van der Waals surface area (Å²) >= 11 is 0. The molecule has 1 saturated carbocycles. The molecule has 0 amide bonds. The summed E-state index contributed by atoms with van der Waals surface area (Å²) in [6, 6.07) is 3.69. The molecule has 1 aromatic rings. The maximum Gasteiger partial charge on any atom is 0.262 e. The highest BCUT2D eigenvalue weighted by Gasteiger charge is 2.43. The summed E-state index contributed by atoms with van der Waals surface area (Å²) in [5.41, 5.74) is 0.576. The van der Waals surface area contributed by atoms with Gasteiger partial charge >= 0.3 is 0 Å². The van der Waals surface area contributed by atoms with Crippen LogP contribution < -0.4 is 5.32 Å². The van der Waals surface area contributed by atoms with Gasteiger partial charge in [-0.25, -0.2) is 13.4 Å². The number of nitrogens with one attached hydrogen (secondary N) is 1. The van der Waals surface area contributed by atoms with Crippen LogP contribution in [0.5, 0.6) is 0 Å². The molecule has 0 bridgehead atoms. The lowest BCUT2D eigenvalue weighted by Gasteiger charge is -2.31. The van der Waals surface area contributed by atoms with Crippen LogP contribution in [0, 0.1) is 5.92 Å². The van der Waals surface area contributed by atoms with Crippen LogP contribution in [0.2, 0.25) is 0 Å². The van der Waals surface area contributed by atoms with Crippen molar-refractivity contribution in [3.05, 3.63) is 18.3 Å². The van der Waals surface area contributed by atoms with Crippen molar-refractivity contribution < 1.29 is 8.42 Å². The van der Waals surface area contributed by atoms with Crippen molar-refractivity contribution in [3.63, 3.8) is 0 Å². The fourth-order valence-corrected chi connectivity index (χ4v) is 5.40. The SMILES string of the molecule is CNc1cccnc1S(=O)(=O)N1CCC2CCCCC21. The Morgan fingerprint density at radius 3 is 2.90 bits per heavy atom. The molecule has 20 heavy (non-hydrogen) atoms. The highest BCUT2D eigenvalue weighted by atomic mass is 32.2. The predicted molar refractivity (Wildman–Crippen MR) is 78.0 cm³/mol. The Morgan fingerprint density at radius 1 is 1.30 bits per heavy atom. The average Bonchev–Trinajstić information content (AvgIpc) is 2.92. The van der Waals surface area contributed by atoms with Crippen LogP contribution in [-0.2, 0) is 10.0 Å². The van der Waals surface area contributed by atoms with Crippen molar-refractivity contribution in [2.45, 2.75) is 43.2 Å². The van der Waals surface area contributed by atoms with E-state index in [1.54, 1.807) is 29.7 Å². The van der Waals surface area contributed by atoms with Crippen molar-refractivity contribution in [2.75, 3.05) is 18.9 Å². The second-order valence-electron chi connectivity index (χ2n) is 5.62. The molecule has 110 valence electrons. The van der Waals surface area contributed by atoms with Gasteiger partial charge in [-0.3, -0.25) is 0 Å². The maximum atomic E-state index is 12.9. The molecule has 1 aliphatic heterocycles. The van der Waals surface area contributed by atoms with E-state index in [1.165, 1.54) is 6.42 Å². The van der Waals surface area contributed by atoms with E-state index in [4.69, 9.17) is 0 Å². The van der Waals surface area contributed by atoms with Crippen molar-refractivity contribution in [1.82, 2.24) is 9.29 Å². The van der Waals surface area contributed by atoms with Crippen LogP contribution in [-0.4, -0.2) is 37.3 Å². The summed E-state index contributed by atoms with van der Waals surface area (Å²) in [5.74, 6) is 0.542. The van der Waals surface area contributed by atoms with Crippen LogP contribution >= 0.6 is 0 Å². The van der Waals surface area contributed by atoms with Gasteiger partial charge in [-0.1, -0.05) is 12.8 Å². The Balaban J connectivity index is 1.96. The number of pyridine rings is 1. The summed E-state index contributed by atoms with van der Waals surface area (Å²) in [7, 11) is -1.77. The largest absolute Gasteiger partial charge is 0.386 e. The summed E-state index contributed by atoms with van der Waals surface area (Å²) in [6.45, 7) is 0.636. The Hall–Kier alpha value is -1.14. The Labute approximate surface area is 120 Å². The van der Waals surface area contributed by atoms with Gasteiger partial charge in [0.05, 0.1) is 5.69 Å². The fraction of sp³-hybridized carbons (Fsp3) is 0.643. The molecule has 6 heteroatoms. The van der Waals surface area contributed by atoms with E-state index in [1.807, 2.05) is 0 Å². The van der Waals surface area contributed by atoms with Gasteiger partial charge in [0.1, 0.15) is 0 Å². The van der Waals surface area contributed by atoms with E-state index in [0.29, 0.717) is 18.2 Å². The monoisotopic (exact) mass is 295 g/mol. The molecule has 0 radical (unpaired) electrons. The van der Waals surface area contributed by atoms with E-state index >= 15 is 0 Å². The number of nitrogens with zero attached hydrogens (tertiary/aromatic N) is 2. The first-order valence-electron chi connectivity index (χ1n) is 7.29. The first-order valence-corrected chi connectivity index (χ1v) is 8.73. The molecule has 1 saturated heterocycles. The Kier molecular flexibility index (Phi) is 3.69. The van der Waals surface area contributed by atoms with E-state index < -0.39 is 10.0 Å². The van der Waals surface area contributed by atoms with E-state index in [-0.39, 0.29) is 11.1 Å². The molecule has 3 rings (SSSR count). The van der Waals surface area contributed by atoms with E-state index in [9.17, 15) is 8.42 Å². The van der Waals surface area contributed by atoms with Crippen LogP contribution in [0.1, 0.15) is 32.1 Å². The highest BCUT2D eigenvalue weighted by molar-refractivity contribution is 7.89. The van der Waals surface area contributed by atoms with Crippen LogP contribution in [0.3, 0.4) is 0 Å². The standard InChI is InChI=1S/C14H21N3O2S/c1-15-12-6-4-9-16-14(12)20(18,19)17-10-8-11-5-2-3-7-13(11)17/h4,6,9,11,13,15H,2-3,5,7-8,10H2,1H3. The molecule has 5 nitrogen and oxygen atoms in total. The Bertz CT molecular complexity index is 588. The van der Waals surface area contributed by atoms with Crippen molar-refractivity contribution in [2.24, 2.45) is 5.92 Å². The van der Waals surface area contributed by atoms with Gasteiger partial charge in [0.2, 0.25) is 0 Å². The smallest absolute Gasteiger partial charge is 0.262 e. The van der Waals surface area contributed by atoms with Crippen LogP contribution in [0.15, 0.2) is 23.4 Å². The van der Waals surface area contributed by atoms with Crippen LogP contribution in [0.25, 0.3) is 0 Å². The van der Waals surface area contributed by atoms with Gasteiger partial charge in [0.25, 0.3) is 10.0 Å². The fourth-order valence-electron chi connectivity index (χ4n) is 3.56. The first kappa shape index (κ1) is 13.8. The molecular weight excluding hydrogens is 274 g/mol. The number of anilines is 1. The minimum atomic E-state index is -3.49. The highest BCUT2D eigenvalue weighted by Crippen LogP contribution is 2.39. The average molecular weight is 295 g/mol. The lowest BCUT2D eigenvalue weighted by Crippen LogP contribution is -2.39. The summed E-state index contributed by atoms with van der Waals surface area (Å²) in [5, 5.41) is 3.09. The number of sulfonamides is 1. The molecule has 1 aromatic heterocycles. The van der Waals surface area contributed by atoms with Crippen LogP contribution in [0.4, 0.5) is 5.69 Å². The Morgan fingerprint density at radius 2 is 2.10 bits per heavy atom. The molecule has 2 atom stereocenters. The number of hydrogen-bond acceptors (Lipinski definition) is 4. The molecule has 1 N–H and O–H groups in total. The quantitative estimate of drug-likeness (QED) is 0.927. The second kappa shape index (κ2) is 5.33. The van der Waals surface area contributed by atoms with E-state index in [0.717, 1.165) is 25.7 Å². The van der Waals surface area contributed by atoms with E-state index in [2.05, 4.69) is 10.3 Å². The minimum absolute atomic E-state index is 0.161. The third-order valence-corrected chi connectivity index (χ3v) is 6.44. The lowest BCUT2D eigenvalue weighted by atomic mass is 9.86. The zero-order valence-electron chi connectivity index (χ0n) is 11.7. The zero-order chi connectivity index (χ0) is 14.2. The normalized spacial score (nSPS) is 27.2. The second-order valence-corrected chi connectivity index (χ2v) is 7.43. The molecule has 0 spiro atoms. The summed E-state index contributed by atoms with van der Waals surface area (Å²) < 4.78 is 27.5. The predicted octanol–water partition coefficient (Wildman–Crippen LogP) is 2.08. The molecule has 0 aromatic carbocycles. The maximum absolute atomic E-state index is 12.9. The molecular formula is C14H21N3O2S. The number of fused-ring (bicyclic) bond motifs is 1. The van der Waals surface area contributed by atoms with Gasteiger partial charge < -0.3 is 5.32 Å². The molecule has 1 aliphatic carbocycles. The van der Waals surface area contributed by atoms with Crippen molar-refractivity contribution in [1.29, 1.82) is 0 Å². The molecule has 2 heterocycles. The number of hydrogen-bond donors (Lipinski definition) is 1. The van der Waals surface area contributed by atoms with Gasteiger partial charge in [-0.15, -0.1) is 0 Å². The topological polar surface area (TPSA) is 62.3 Å². The molecule has 2 fully saturated rings. The van der Waals surface area contributed by atoms with Gasteiger partial charge in [-0.2, -0.15) is 4.31 Å². The molecule has 2 unspecified atom stereocenters. The minimum Gasteiger partial charge on any atom is -0.386 e. The van der Waals surface area contributed by atoms with Gasteiger partial charge in [0, 0.05) is 25.8 Å². The summed E-state index contributed by atoms with van der Waals surface area (Å²) in [4.78, 5) is 4.11.